The van der Waals surface area contributed by atoms with Gasteiger partial charge in [0.1, 0.15) is 0 Å². The van der Waals surface area contributed by atoms with E-state index in [-0.39, 0.29) is 11.7 Å². The number of benzene rings is 1. The van der Waals surface area contributed by atoms with Crippen LogP contribution in [0.3, 0.4) is 0 Å². The minimum Gasteiger partial charge on any atom is -0.293 e. The Balaban J connectivity index is 1.96. The van der Waals surface area contributed by atoms with Crippen LogP contribution in [0.1, 0.15) is 33.3 Å². The Hall–Kier alpha value is -0.710. The summed E-state index contributed by atoms with van der Waals surface area (Å²) in [6, 6.07) is 7.73. The third kappa shape index (κ3) is 2.25. The highest BCUT2D eigenvalue weighted by Gasteiger charge is 2.29. The van der Waals surface area contributed by atoms with Crippen molar-refractivity contribution in [1.82, 2.24) is 4.98 Å². The fourth-order valence-corrected chi connectivity index (χ4v) is 3.96. The van der Waals surface area contributed by atoms with Crippen molar-refractivity contribution in [2.45, 2.75) is 18.8 Å². The van der Waals surface area contributed by atoms with Gasteiger partial charge in [0.25, 0.3) is 0 Å². The van der Waals surface area contributed by atoms with Crippen LogP contribution in [0.4, 0.5) is 0 Å². The van der Waals surface area contributed by atoms with E-state index < -0.39 is 0 Å². The maximum atomic E-state index is 12.1. The van der Waals surface area contributed by atoms with Crippen LogP contribution in [0.15, 0.2) is 28.2 Å². The number of aromatic nitrogens is 1. The molecule has 0 saturated carbocycles. The molecule has 1 atom stereocenters. The Bertz CT molecular complexity index is 625. The van der Waals surface area contributed by atoms with E-state index in [0.717, 1.165) is 26.5 Å². The molecule has 1 aliphatic carbocycles. The lowest BCUT2D eigenvalue weighted by Gasteiger charge is -2.20. The molecule has 0 N–H and O–H groups in total. The first kappa shape index (κ1) is 12.3. The van der Waals surface area contributed by atoms with E-state index in [1.54, 1.807) is 0 Å². The minimum atomic E-state index is 0.185. The van der Waals surface area contributed by atoms with Crippen LogP contribution in [-0.4, -0.2) is 10.8 Å². The summed E-state index contributed by atoms with van der Waals surface area (Å²) >= 11 is 10.8. The van der Waals surface area contributed by atoms with Crippen molar-refractivity contribution >= 4 is 44.7 Å². The molecule has 2 nitrogen and oxygen atoms in total. The monoisotopic (exact) mass is 341 g/mol. The van der Waals surface area contributed by atoms with E-state index in [9.17, 15) is 4.79 Å². The molecule has 5 heteroatoms. The summed E-state index contributed by atoms with van der Waals surface area (Å²) in [6.45, 7) is 0. The lowest BCUT2D eigenvalue weighted by atomic mass is 9.85. The SMILES string of the molecule is O=C1C[C@@H](c2cccc(Cl)c2)Cc2nc(Br)sc21. The maximum Gasteiger partial charge on any atom is 0.175 e. The maximum absolute atomic E-state index is 12.1. The van der Waals surface area contributed by atoms with Crippen molar-refractivity contribution < 1.29 is 4.79 Å². The van der Waals surface area contributed by atoms with Gasteiger partial charge in [0.2, 0.25) is 0 Å². The van der Waals surface area contributed by atoms with E-state index in [1.807, 2.05) is 24.3 Å². The number of ketones is 1. The van der Waals surface area contributed by atoms with Crippen molar-refractivity contribution in [2.24, 2.45) is 0 Å². The predicted molar refractivity (Wildman–Crippen MR) is 76.7 cm³/mol. The van der Waals surface area contributed by atoms with Gasteiger partial charge >= 0.3 is 0 Å². The highest BCUT2D eigenvalue weighted by molar-refractivity contribution is 9.11. The zero-order valence-corrected chi connectivity index (χ0v) is 12.5. The molecular formula is C13H9BrClNOS. The van der Waals surface area contributed by atoms with Crippen molar-refractivity contribution in [3.63, 3.8) is 0 Å². The van der Waals surface area contributed by atoms with Gasteiger partial charge in [0, 0.05) is 11.4 Å². The van der Waals surface area contributed by atoms with Crippen molar-refractivity contribution in [3.05, 3.63) is 49.3 Å². The Morgan fingerprint density at radius 1 is 1.39 bits per heavy atom. The third-order valence-electron chi connectivity index (χ3n) is 3.12. The molecule has 0 saturated heterocycles. The first-order chi connectivity index (χ1) is 8.63. The largest absolute Gasteiger partial charge is 0.293 e. The van der Waals surface area contributed by atoms with E-state index in [0.29, 0.717) is 11.4 Å². The van der Waals surface area contributed by atoms with Crippen molar-refractivity contribution in [1.29, 1.82) is 0 Å². The zero-order valence-electron chi connectivity index (χ0n) is 9.32. The van der Waals surface area contributed by atoms with Gasteiger partial charge < -0.3 is 0 Å². The molecule has 0 bridgehead atoms. The van der Waals surface area contributed by atoms with Crippen molar-refractivity contribution in [3.8, 4) is 0 Å². The second-order valence-electron chi connectivity index (χ2n) is 4.33. The Labute approximate surface area is 122 Å². The molecule has 1 aromatic heterocycles. The molecule has 92 valence electrons. The molecule has 3 rings (SSSR count). The summed E-state index contributed by atoms with van der Waals surface area (Å²) in [5.41, 5.74) is 2.03. The summed E-state index contributed by atoms with van der Waals surface area (Å²) in [4.78, 5) is 17.3. The molecule has 0 radical (unpaired) electrons. The summed E-state index contributed by atoms with van der Waals surface area (Å²) < 4.78 is 0.785. The molecule has 0 spiro atoms. The summed E-state index contributed by atoms with van der Waals surface area (Å²) in [7, 11) is 0. The van der Waals surface area contributed by atoms with Crippen LogP contribution < -0.4 is 0 Å². The van der Waals surface area contributed by atoms with Crippen LogP contribution >= 0.6 is 38.9 Å². The molecule has 1 heterocycles. The first-order valence-corrected chi connectivity index (χ1v) is 7.56. The summed E-state index contributed by atoms with van der Waals surface area (Å²) in [5, 5.41) is 0.713. The van der Waals surface area contributed by atoms with Gasteiger partial charge in [-0.05, 0) is 46.0 Å². The predicted octanol–water partition coefficient (Wildman–Crippen LogP) is 4.47. The number of Topliss-reactive ketones (excluding diaryl/α,β-unsaturated/α-hetero) is 1. The number of hydrogen-bond acceptors (Lipinski definition) is 3. The average molecular weight is 343 g/mol. The van der Waals surface area contributed by atoms with Crippen LogP contribution in [0.25, 0.3) is 0 Å². The van der Waals surface area contributed by atoms with Gasteiger partial charge in [-0.15, -0.1) is 11.3 Å². The second kappa shape index (κ2) is 4.76. The number of carbonyl (C=O) groups excluding carboxylic acids is 1. The lowest BCUT2D eigenvalue weighted by Crippen LogP contribution is -2.17. The van der Waals surface area contributed by atoms with Gasteiger partial charge in [0.15, 0.2) is 9.70 Å². The molecule has 18 heavy (non-hydrogen) atoms. The Kier molecular flexibility index (Phi) is 3.26. The van der Waals surface area contributed by atoms with Gasteiger partial charge in [-0.2, -0.15) is 0 Å². The van der Waals surface area contributed by atoms with E-state index in [1.165, 1.54) is 11.3 Å². The molecule has 2 aromatic rings. The quantitative estimate of drug-likeness (QED) is 0.765. The third-order valence-corrected chi connectivity index (χ3v) is 4.94. The number of halogens is 2. The second-order valence-corrected chi connectivity index (χ2v) is 7.04. The highest BCUT2D eigenvalue weighted by atomic mass is 79.9. The number of thiazole rings is 1. The molecule has 0 amide bonds. The Morgan fingerprint density at radius 2 is 2.22 bits per heavy atom. The van der Waals surface area contributed by atoms with Gasteiger partial charge in [0.05, 0.1) is 10.6 Å². The smallest absolute Gasteiger partial charge is 0.175 e. The lowest BCUT2D eigenvalue weighted by molar-refractivity contribution is 0.0968. The summed E-state index contributed by atoms with van der Waals surface area (Å²) in [6.07, 6.45) is 1.35. The number of hydrogen-bond donors (Lipinski definition) is 0. The van der Waals surface area contributed by atoms with E-state index >= 15 is 0 Å². The fraction of sp³-hybridized carbons (Fsp3) is 0.231. The molecule has 0 fully saturated rings. The van der Waals surface area contributed by atoms with Gasteiger partial charge in [-0.25, -0.2) is 4.98 Å². The number of fused-ring (bicyclic) bond motifs is 1. The van der Waals surface area contributed by atoms with Crippen LogP contribution in [0.5, 0.6) is 0 Å². The molecule has 1 aliphatic rings. The van der Waals surface area contributed by atoms with Crippen molar-refractivity contribution in [2.75, 3.05) is 0 Å². The van der Waals surface area contributed by atoms with Crippen LogP contribution in [-0.2, 0) is 6.42 Å². The molecule has 0 aliphatic heterocycles. The van der Waals surface area contributed by atoms with E-state index in [4.69, 9.17) is 11.6 Å². The standard InChI is InChI=1S/C13H9BrClNOS/c14-13-16-10-5-8(6-11(17)12(10)18-13)7-2-1-3-9(15)4-7/h1-4,8H,5-6H2/t8-/m0/s1. The average Bonchev–Trinajstić information content (AvgIpc) is 2.70. The molecule has 1 aromatic carbocycles. The number of rotatable bonds is 1. The zero-order chi connectivity index (χ0) is 12.7. The van der Waals surface area contributed by atoms with Crippen LogP contribution in [0, 0.1) is 0 Å². The number of nitrogens with zero attached hydrogens (tertiary/aromatic N) is 1. The van der Waals surface area contributed by atoms with Gasteiger partial charge in [-0.3, -0.25) is 4.79 Å². The first-order valence-electron chi connectivity index (χ1n) is 5.57. The fourth-order valence-electron chi connectivity index (χ4n) is 2.30. The summed E-state index contributed by atoms with van der Waals surface area (Å²) in [5.74, 6) is 0.377. The topological polar surface area (TPSA) is 30.0 Å². The molecular weight excluding hydrogens is 334 g/mol. The molecule has 0 unspecified atom stereocenters. The van der Waals surface area contributed by atoms with E-state index in [2.05, 4.69) is 20.9 Å². The minimum absolute atomic E-state index is 0.185. The number of carbonyl (C=O) groups is 1. The van der Waals surface area contributed by atoms with Gasteiger partial charge in [-0.1, -0.05) is 23.7 Å². The Morgan fingerprint density at radius 3 is 3.00 bits per heavy atom. The normalized spacial score (nSPS) is 18.8. The highest BCUT2D eigenvalue weighted by Crippen LogP contribution is 2.36. The van der Waals surface area contributed by atoms with Crippen LogP contribution in [0.2, 0.25) is 5.02 Å².